The lowest BCUT2D eigenvalue weighted by Gasteiger charge is -2.61. The summed E-state index contributed by atoms with van der Waals surface area (Å²) in [5.74, 6) is 4.64. The average Bonchev–Trinajstić information content (AvgIpc) is 3.05. The van der Waals surface area contributed by atoms with Gasteiger partial charge in [0.25, 0.3) is 0 Å². The molecule has 5 nitrogen and oxygen atoms in total. The van der Waals surface area contributed by atoms with Crippen LogP contribution in [0.15, 0.2) is 0 Å². The fourth-order valence-electron chi connectivity index (χ4n) is 8.63. The molecule has 4 aliphatic carbocycles. The third-order valence-corrected chi connectivity index (χ3v) is 10.3. The van der Waals surface area contributed by atoms with Gasteiger partial charge < -0.3 is 16.2 Å². The van der Waals surface area contributed by atoms with Gasteiger partial charge in [0.15, 0.2) is 0 Å². The molecule has 4 fully saturated rings. The number of aliphatic carboxylic acids is 1. The molecule has 4 rings (SSSR count). The van der Waals surface area contributed by atoms with Crippen LogP contribution in [0.3, 0.4) is 0 Å². The number of hydrogen-bond donors (Lipinski definition) is 3. The van der Waals surface area contributed by atoms with Gasteiger partial charge in [-0.25, -0.2) is 0 Å². The zero-order valence-corrected chi connectivity index (χ0v) is 22.1. The molecule has 33 heavy (non-hydrogen) atoms. The number of hydrogen-bond acceptors (Lipinski definition) is 4. The highest BCUT2D eigenvalue weighted by Gasteiger charge is 2.60. The Hall–Kier alpha value is -0.940. The van der Waals surface area contributed by atoms with Gasteiger partial charge in [-0.05, 0) is 113 Å². The quantitative estimate of drug-likeness (QED) is 0.518. The average molecular weight is 463 g/mol. The van der Waals surface area contributed by atoms with Gasteiger partial charge in [-0.2, -0.15) is 0 Å². The number of nitrogens with two attached hydrogens (primary N) is 1. The van der Waals surface area contributed by atoms with Gasteiger partial charge in [0, 0.05) is 18.0 Å². The third-order valence-electron chi connectivity index (χ3n) is 10.3. The Kier molecular flexibility index (Phi) is 8.05. The van der Waals surface area contributed by atoms with E-state index < -0.39 is 5.97 Å². The van der Waals surface area contributed by atoms with Crippen molar-refractivity contribution in [3.05, 3.63) is 0 Å². The van der Waals surface area contributed by atoms with Crippen LogP contribution in [0.5, 0.6) is 0 Å². The number of Topliss-reactive ketones (excluding diaryl/α,β-unsaturated/α-hetero) is 1. The molecule has 0 spiro atoms. The van der Waals surface area contributed by atoms with Crippen LogP contribution in [0.4, 0.5) is 0 Å². The number of ketones is 1. The minimum absolute atomic E-state index is 0.0272. The summed E-state index contributed by atoms with van der Waals surface area (Å²) in [5, 5.41) is 10.9. The lowest BCUT2D eigenvalue weighted by atomic mass is 9.44. The third kappa shape index (κ3) is 5.66. The maximum absolute atomic E-state index is 12.2. The minimum atomic E-state index is -0.857. The molecule has 4 saturated carbocycles. The molecular formula is C28H50N2O3. The Morgan fingerprint density at radius 1 is 1.00 bits per heavy atom. The molecule has 0 aromatic rings. The molecule has 0 aliphatic heterocycles. The summed E-state index contributed by atoms with van der Waals surface area (Å²) >= 11 is 0. The molecule has 190 valence electrons. The number of carboxylic acid groups (broad SMARTS) is 1. The molecule has 8 unspecified atom stereocenters. The standard InChI is InChI=1S/C22H36O.C6H14N2O2/c1-14-9-11-21(3)16(13-14)5-6-17-19-8-7-18(15(2)23)22(19,4)12-10-20(17)21;1-6(2,7)4-8-3-5(9)10/h14,16-20H,5-13H2,1-4H3;8H,3-4,7H2,1-2H3,(H,9,10). The molecule has 0 radical (unpaired) electrons. The van der Waals surface area contributed by atoms with E-state index in [1.807, 2.05) is 20.8 Å². The van der Waals surface area contributed by atoms with Gasteiger partial charge in [0.2, 0.25) is 0 Å². The van der Waals surface area contributed by atoms with Crippen molar-refractivity contribution in [3.63, 3.8) is 0 Å². The monoisotopic (exact) mass is 462 g/mol. The number of rotatable bonds is 5. The fourth-order valence-corrected chi connectivity index (χ4v) is 8.63. The van der Waals surface area contributed by atoms with E-state index in [0.29, 0.717) is 29.1 Å². The van der Waals surface area contributed by atoms with Crippen LogP contribution < -0.4 is 11.1 Å². The highest BCUT2D eigenvalue weighted by molar-refractivity contribution is 5.79. The van der Waals surface area contributed by atoms with Crippen molar-refractivity contribution in [2.24, 2.45) is 52.1 Å². The van der Waals surface area contributed by atoms with Crippen LogP contribution in [0.1, 0.15) is 99.3 Å². The zero-order valence-electron chi connectivity index (χ0n) is 22.1. The SMILES string of the molecule is CC(=O)C1CCC2C3CCC4CC(C)CCC4(C)C3CCC12C.CC(C)(N)CNCC(=O)O. The summed E-state index contributed by atoms with van der Waals surface area (Å²) in [7, 11) is 0. The molecule has 4 aliphatic rings. The summed E-state index contributed by atoms with van der Waals surface area (Å²) in [6.45, 7) is 13.6. The lowest BCUT2D eigenvalue weighted by Crippen LogP contribution is -2.53. The number of carboxylic acids is 1. The predicted molar refractivity (Wildman–Crippen MR) is 134 cm³/mol. The smallest absolute Gasteiger partial charge is 0.317 e. The molecular weight excluding hydrogens is 412 g/mol. The van der Waals surface area contributed by atoms with E-state index in [4.69, 9.17) is 10.8 Å². The molecule has 0 bridgehead atoms. The number of carbonyl (C=O) groups excluding carboxylic acids is 1. The van der Waals surface area contributed by atoms with Crippen molar-refractivity contribution in [1.29, 1.82) is 0 Å². The summed E-state index contributed by atoms with van der Waals surface area (Å²) in [4.78, 5) is 22.2. The summed E-state index contributed by atoms with van der Waals surface area (Å²) < 4.78 is 0. The first kappa shape index (κ1) is 26.7. The molecule has 0 aromatic heterocycles. The highest BCUT2D eigenvalue weighted by Crippen LogP contribution is 2.67. The Labute approximate surface area is 202 Å². The highest BCUT2D eigenvalue weighted by atomic mass is 16.4. The van der Waals surface area contributed by atoms with Gasteiger partial charge in [-0.15, -0.1) is 0 Å². The van der Waals surface area contributed by atoms with Crippen molar-refractivity contribution in [2.75, 3.05) is 13.1 Å². The second-order valence-electron chi connectivity index (χ2n) is 13.3. The number of fused-ring (bicyclic) bond motifs is 5. The second-order valence-corrected chi connectivity index (χ2v) is 13.3. The van der Waals surface area contributed by atoms with Gasteiger partial charge in [0.05, 0.1) is 6.54 Å². The van der Waals surface area contributed by atoms with Gasteiger partial charge >= 0.3 is 5.97 Å². The first-order valence-corrected chi connectivity index (χ1v) is 13.5. The maximum Gasteiger partial charge on any atom is 0.317 e. The lowest BCUT2D eigenvalue weighted by molar-refractivity contribution is -0.136. The normalized spacial score (nSPS) is 42.3. The predicted octanol–water partition coefficient (Wildman–Crippen LogP) is 5.27. The second kappa shape index (κ2) is 9.97. The number of nitrogens with one attached hydrogen (secondary N) is 1. The van der Waals surface area contributed by atoms with Crippen LogP contribution in [0.2, 0.25) is 0 Å². The van der Waals surface area contributed by atoms with E-state index in [9.17, 15) is 9.59 Å². The fraction of sp³-hybridized carbons (Fsp3) is 0.929. The molecule has 0 amide bonds. The van der Waals surface area contributed by atoms with Crippen LogP contribution in [0.25, 0.3) is 0 Å². The van der Waals surface area contributed by atoms with Gasteiger partial charge in [-0.3, -0.25) is 9.59 Å². The molecule has 8 atom stereocenters. The van der Waals surface area contributed by atoms with Crippen LogP contribution in [-0.4, -0.2) is 35.5 Å². The Bertz CT molecular complexity index is 716. The first-order chi connectivity index (χ1) is 15.3. The van der Waals surface area contributed by atoms with Crippen molar-refractivity contribution < 1.29 is 14.7 Å². The van der Waals surface area contributed by atoms with Crippen LogP contribution in [-0.2, 0) is 9.59 Å². The van der Waals surface area contributed by atoms with Crippen LogP contribution >= 0.6 is 0 Å². The molecule has 0 heterocycles. The van der Waals surface area contributed by atoms with E-state index in [2.05, 4.69) is 26.1 Å². The van der Waals surface area contributed by atoms with Crippen LogP contribution in [0, 0.1) is 46.3 Å². The van der Waals surface area contributed by atoms with E-state index >= 15 is 0 Å². The van der Waals surface area contributed by atoms with Crippen molar-refractivity contribution in [1.82, 2.24) is 5.32 Å². The Morgan fingerprint density at radius 2 is 1.64 bits per heavy atom. The molecule has 0 aromatic carbocycles. The Morgan fingerprint density at radius 3 is 2.24 bits per heavy atom. The maximum atomic E-state index is 12.2. The summed E-state index contributed by atoms with van der Waals surface area (Å²) in [6, 6.07) is 0. The number of carbonyl (C=O) groups is 2. The van der Waals surface area contributed by atoms with E-state index in [-0.39, 0.29) is 12.1 Å². The molecule has 5 heteroatoms. The van der Waals surface area contributed by atoms with Crippen molar-refractivity contribution in [2.45, 2.75) is 105 Å². The van der Waals surface area contributed by atoms with E-state index in [1.165, 1.54) is 57.8 Å². The largest absolute Gasteiger partial charge is 0.480 e. The molecule has 0 saturated heterocycles. The summed E-state index contributed by atoms with van der Waals surface area (Å²) in [5.41, 5.74) is 6.18. The van der Waals surface area contributed by atoms with Crippen molar-refractivity contribution >= 4 is 11.8 Å². The first-order valence-electron chi connectivity index (χ1n) is 13.5. The summed E-state index contributed by atoms with van der Waals surface area (Å²) in [6.07, 6.45) is 12.6. The van der Waals surface area contributed by atoms with E-state index in [1.54, 1.807) is 0 Å². The van der Waals surface area contributed by atoms with Gasteiger partial charge in [-0.1, -0.05) is 27.2 Å². The molecule has 4 N–H and O–H groups in total. The van der Waals surface area contributed by atoms with Gasteiger partial charge in [0.1, 0.15) is 5.78 Å². The topological polar surface area (TPSA) is 92.4 Å². The van der Waals surface area contributed by atoms with Crippen molar-refractivity contribution in [3.8, 4) is 0 Å². The minimum Gasteiger partial charge on any atom is -0.480 e. The Balaban J connectivity index is 0.000000262. The zero-order chi connectivity index (χ0) is 24.6. The van der Waals surface area contributed by atoms with E-state index in [0.717, 1.165) is 29.6 Å².